The standard InChI is InChI=1S/C14H20BrNO3/c1-14(2,3)19-13(17)16-9-6-10-18-12-8-5-4-7-11(12)15/h4-5,7-8H,6,9-10H2,1-3H3,(H,16,17). The van der Waals surface area contributed by atoms with E-state index in [-0.39, 0.29) is 0 Å². The van der Waals surface area contributed by atoms with Crippen molar-refractivity contribution in [3.8, 4) is 5.75 Å². The summed E-state index contributed by atoms with van der Waals surface area (Å²) >= 11 is 3.41. The summed E-state index contributed by atoms with van der Waals surface area (Å²) in [5, 5.41) is 2.69. The number of rotatable bonds is 5. The molecule has 0 bridgehead atoms. The van der Waals surface area contributed by atoms with Crippen LogP contribution < -0.4 is 10.1 Å². The largest absolute Gasteiger partial charge is 0.492 e. The average molecular weight is 330 g/mol. The van der Waals surface area contributed by atoms with Crippen LogP contribution in [0.5, 0.6) is 5.75 Å². The molecule has 0 aliphatic heterocycles. The van der Waals surface area contributed by atoms with Crippen LogP contribution in [0.15, 0.2) is 28.7 Å². The van der Waals surface area contributed by atoms with E-state index >= 15 is 0 Å². The first kappa shape index (κ1) is 15.8. The maximum atomic E-state index is 11.4. The third kappa shape index (κ3) is 7.06. The van der Waals surface area contributed by atoms with Crippen LogP contribution in [-0.2, 0) is 4.74 Å². The van der Waals surface area contributed by atoms with Gasteiger partial charge in [-0.15, -0.1) is 0 Å². The van der Waals surface area contributed by atoms with Crippen LogP contribution in [-0.4, -0.2) is 24.8 Å². The first-order chi connectivity index (χ1) is 8.88. The minimum atomic E-state index is -0.463. The average Bonchev–Trinajstić information content (AvgIpc) is 2.28. The van der Waals surface area contributed by atoms with Crippen LogP contribution in [0, 0.1) is 0 Å². The highest BCUT2D eigenvalue weighted by Gasteiger charge is 2.15. The van der Waals surface area contributed by atoms with Crippen LogP contribution in [0.2, 0.25) is 0 Å². The summed E-state index contributed by atoms with van der Waals surface area (Å²) in [6.07, 6.45) is 0.328. The van der Waals surface area contributed by atoms with Gasteiger partial charge in [0.15, 0.2) is 0 Å². The number of benzene rings is 1. The summed E-state index contributed by atoms with van der Waals surface area (Å²) < 4.78 is 11.6. The zero-order valence-corrected chi connectivity index (χ0v) is 13.1. The van der Waals surface area contributed by atoms with Crippen LogP contribution in [0.1, 0.15) is 27.2 Å². The van der Waals surface area contributed by atoms with Gasteiger partial charge in [-0.05, 0) is 55.3 Å². The SMILES string of the molecule is CC(C)(C)OC(=O)NCCCOc1ccccc1Br. The van der Waals surface area contributed by atoms with Crippen LogP contribution >= 0.6 is 15.9 Å². The van der Waals surface area contributed by atoms with Gasteiger partial charge >= 0.3 is 6.09 Å². The molecule has 0 aliphatic rings. The lowest BCUT2D eigenvalue weighted by molar-refractivity contribution is 0.0525. The lowest BCUT2D eigenvalue weighted by atomic mass is 10.2. The topological polar surface area (TPSA) is 47.6 Å². The Labute approximate surface area is 122 Å². The maximum absolute atomic E-state index is 11.4. The van der Waals surface area contributed by atoms with Gasteiger partial charge in [0.25, 0.3) is 0 Å². The van der Waals surface area contributed by atoms with Crippen molar-refractivity contribution in [2.45, 2.75) is 32.8 Å². The molecule has 5 heteroatoms. The zero-order chi connectivity index (χ0) is 14.3. The van der Waals surface area contributed by atoms with Gasteiger partial charge in [-0.1, -0.05) is 12.1 Å². The van der Waals surface area contributed by atoms with E-state index in [9.17, 15) is 4.79 Å². The van der Waals surface area contributed by atoms with Gasteiger partial charge < -0.3 is 14.8 Å². The second kappa shape index (κ2) is 7.38. The smallest absolute Gasteiger partial charge is 0.407 e. The Hall–Kier alpha value is -1.23. The molecule has 0 fully saturated rings. The van der Waals surface area contributed by atoms with Crippen molar-refractivity contribution in [3.63, 3.8) is 0 Å². The lowest BCUT2D eigenvalue weighted by Gasteiger charge is -2.19. The number of ether oxygens (including phenoxy) is 2. The second-order valence-corrected chi connectivity index (χ2v) is 5.92. The molecule has 0 aliphatic carbocycles. The van der Waals surface area contributed by atoms with Gasteiger partial charge in [0.05, 0.1) is 11.1 Å². The molecule has 1 aromatic carbocycles. The molecule has 1 N–H and O–H groups in total. The van der Waals surface area contributed by atoms with E-state index < -0.39 is 11.7 Å². The Bertz CT molecular complexity index is 415. The first-order valence-electron chi connectivity index (χ1n) is 6.23. The molecule has 4 nitrogen and oxygen atoms in total. The number of halogens is 1. The summed E-state index contributed by atoms with van der Waals surface area (Å²) in [6.45, 7) is 6.58. The Morgan fingerprint density at radius 3 is 2.63 bits per heavy atom. The van der Waals surface area contributed by atoms with Crippen LogP contribution in [0.4, 0.5) is 4.79 Å². The summed E-state index contributed by atoms with van der Waals surface area (Å²) in [4.78, 5) is 11.4. The molecule has 1 aromatic rings. The first-order valence-corrected chi connectivity index (χ1v) is 7.02. The molecule has 1 rings (SSSR count). The van der Waals surface area contributed by atoms with E-state index in [4.69, 9.17) is 9.47 Å². The molecule has 0 spiro atoms. The van der Waals surface area contributed by atoms with Gasteiger partial charge in [0.1, 0.15) is 11.4 Å². The van der Waals surface area contributed by atoms with Crippen molar-refractivity contribution in [3.05, 3.63) is 28.7 Å². The minimum absolute atomic E-state index is 0.395. The van der Waals surface area contributed by atoms with E-state index in [1.54, 1.807) is 0 Å². The minimum Gasteiger partial charge on any atom is -0.492 e. The normalized spacial score (nSPS) is 10.9. The fraction of sp³-hybridized carbons (Fsp3) is 0.500. The second-order valence-electron chi connectivity index (χ2n) is 5.06. The Morgan fingerprint density at radius 2 is 2.00 bits per heavy atom. The fourth-order valence-corrected chi connectivity index (χ4v) is 1.72. The Balaban J connectivity index is 2.15. The molecule has 0 unspecified atom stereocenters. The quantitative estimate of drug-likeness (QED) is 0.837. The molecule has 19 heavy (non-hydrogen) atoms. The van der Waals surface area contributed by atoms with Gasteiger partial charge in [0, 0.05) is 6.54 Å². The number of alkyl carbamates (subject to hydrolysis) is 1. The Morgan fingerprint density at radius 1 is 1.32 bits per heavy atom. The number of hydrogen-bond acceptors (Lipinski definition) is 3. The molecule has 0 saturated heterocycles. The highest BCUT2D eigenvalue weighted by Crippen LogP contribution is 2.23. The van der Waals surface area contributed by atoms with Crippen molar-refractivity contribution in [2.75, 3.05) is 13.2 Å². The summed E-state index contributed by atoms with van der Waals surface area (Å²) in [6, 6.07) is 7.67. The lowest BCUT2D eigenvalue weighted by Crippen LogP contribution is -2.33. The predicted octanol–water partition coefficient (Wildman–Crippen LogP) is 3.74. The zero-order valence-electron chi connectivity index (χ0n) is 11.5. The summed E-state index contributed by atoms with van der Waals surface area (Å²) in [7, 11) is 0. The third-order valence-electron chi connectivity index (χ3n) is 2.08. The van der Waals surface area contributed by atoms with E-state index in [1.165, 1.54) is 0 Å². The van der Waals surface area contributed by atoms with Gasteiger partial charge in [0.2, 0.25) is 0 Å². The molecular formula is C14H20BrNO3. The molecule has 0 radical (unpaired) electrons. The summed E-state index contributed by atoms with van der Waals surface area (Å²) in [5.41, 5.74) is -0.463. The molecule has 106 valence electrons. The molecule has 1 amide bonds. The van der Waals surface area contributed by atoms with E-state index in [2.05, 4.69) is 21.2 Å². The molecule has 0 atom stereocenters. The van der Waals surface area contributed by atoms with Crippen LogP contribution in [0.25, 0.3) is 0 Å². The number of para-hydroxylation sites is 1. The monoisotopic (exact) mass is 329 g/mol. The number of nitrogens with one attached hydrogen (secondary N) is 1. The van der Waals surface area contributed by atoms with Crippen molar-refractivity contribution in [1.82, 2.24) is 5.32 Å². The van der Waals surface area contributed by atoms with E-state index in [1.807, 2.05) is 45.0 Å². The maximum Gasteiger partial charge on any atom is 0.407 e. The third-order valence-corrected chi connectivity index (χ3v) is 2.74. The van der Waals surface area contributed by atoms with E-state index in [0.717, 1.165) is 16.6 Å². The van der Waals surface area contributed by atoms with Crippen LogP contribution in [0.3, 0.4) is 0 Å². The fourth-order valence-electron chi connectivity index (χ4n) is 1.32. The molecular weight excluding hydrogens is 310 g/mol. The highest BCUT2D eigenvalue weighted by molar-refractivity contribution is 9.10. The van der Waals surface area contributed by atoms with Gasteiger partial charge in [-0.3, -0.25) is 0 Å². The van der Waals surface area contributed by atoms with E-state index in [0.29, 0.717) is 13.2 Å². The summed E-state index contributed by atoms with van der Waals surface area (Å²) in [5.74, 6) is 0.805. The van der Waals surface area contributed by atoms with Crippen molar-refractivity contribution in [2.24, 2.45) is 0 Å². The van der Waals surface area contributed by atoms with Crippen molar-refractivity contribution < 1.29 is 14.3 Å². The number of carbonyl (C=O) groups is 1. The predicted molar refractivity (Wildman–Crippen MR) is 78.5 cm³/mol. The number of hydrogen-bond donors (Lipinski definition) is 1. The van der Waals surface area contributed by atoms with Crippen molar-refractivity contribution >= 4 is 22.0 Å². The van der Waals surface area contributed by atoms with Gasteiger partial charge in [-0.2, -0.15) is 0 Å². The molecule has 0 saturated carbocycles. The van der Waals surface area contributed by atoms with Gasteiger partial charge in [-0.25, -0.2) is 4.79 Å². The number of carbonyl (C=O) groups excluding carboxylic acids is 1. The highest BCUT2D eigenvalue weighted by atomic mass is 79.9. The molecule has 0 heterocycles. The number of amides is 1. The Kier molecular flexibility index (Phi) is 6.15. The van der Waals surface area contributed by atoms with Crippen molar-refractivity contribution in [1.29, 1.82) is 0 Å². The molecule has 0 aromatic heterocycles.